The van der Waals surface area contributed by atoms with Crippen LogP contribution in [0.15, 0.2) is 30.5 Å². The number of nitrogens with two attached hydrogens (primary N) is 1. The predicted octanol–water partition coefficient (Wildman–Crippen LogP) is 2.96. The van der Waals surface area contributed by atoms with Gasteiger partial charge in [0.2, 0.25) is 0 Å². The second-order valence-electron chi connectivity index (χ2n) is 4.87. The molecule has 1 heterocycles. The lowest BCUT2D eigenvalue weighted by Crippen LogP contribution is -2.05. The molecule has 1 aromatic carbocycles. The highest BCUT2D eigenvalue weighted by Crippen LogP contribution is 2.22. The van der Waals surface area contributed by atoms with E-state index in [9.17, 15) is 0 Å². The van der Waals surface area contributed by atoms with Crippen molar-refractivity contribution in [1.29, 1.82) is 0 Å². The zero-order valence-corrected chi connectivity index (χ0v) is 11.8. The Morgan fingerprint density at radius 3 is 2.84 bits per heavy atom. The van der Waals surface area contributed by atoms with Crippen LogP contribution in [0.5, 0.6) is 0 Å². The van der Waals surface area contributed by atoms with Gasteiger partial charge in [0.15, 0.2) is 0 Å². The quantitative estimate of drug-likeness (QED) is 0.741. The summed E-state index contributed by atoms with van der Waals surface area (Å²) in [4.78, 5) is 0. The molecule has 0 unspecified atom stereocenters. The summed E-state index contributed by atoms with van der Waals surface area (Å²) in [7, 11) is 0. The van der Waals surface area contributed by atoms with E-state index >= 15 is 0 Å². The van der Waals surface area contributed by atoms with Crippen LogP contribution in [0.3, 0.4) is 0 Å². The first-order valence-electron chi connectivity index (χ1n) is 7.21. The molecule has 2 N–H and O–H groups in total. The molecule has 0 saturated heterocycles. The van der Waals surface area contributed by atoms with Crippen molar-refractivity contribution in [1.82, 2.24) is 4.57 Å². The topological polar surface area (TPSA) is 40.2 Å². The van der Waals surface area contributed by atoms with Gasteiger partial charge in [-0.3, -0.25) is 0 Å². The summed E-state index contributed by atoms with van der Waals surface area (Å²) in [5, 5.41) is 1.35. The monoisotopic (exact) mass is 260 g/mol. The van der Waals surface area contributed by atoms with Crippen molar-refractivity contribution < 1.29 is 4.74 Å². The highest BCUT2D eigenvalue weighted by Gasteiger charge is 2.07. The van der Waals surface area contributed by atoms with Gasteiger partial charge in [-0.2, -0.15) is 0 Å². The van der Waals surface area contributed by atoms with Crippen LogP contribution in [0.25, 0.3) is 10.9 Å². The number of para-hydroxylation sites is 1. The van der Waals surface area contributed by atoms with E-state index in [-0.39, 0.29) is 0 Å². The fourth-order valence-corrected chi connectivity index (χ4v) is 2.41. The van der Waals surface area contributed by atoms with Crippen LogP contribution in [0.2, 0.25) is 0 Å². The van der Waals surface area contributed by atoms with Crippen LogP contribution in [0, 0.1) is 0 Å². The van der Waals surface area contributed by atoms with Gasteiger partial charge in [0.25, 0.3) is 0 Å². The summed E-state index contributed by atoms with van der Waals surface area (Å²) in [6.45, 7) is 5.43. The summed E-state index contributed by atoms with van der Waals surface area (Å²) < 4.78 is 7.89. The molecule has 2 aromatic rings. The normalized spacial score (nSPS) is 11.3. The molecule has 1 aromatic heterocycles. The van der Waals surface area contributed by atoms with E-state index in [2.05, 4.69) is 42.0 Å². The third-order valence-electron chi connectivity index (χ3n) is 3.35. The molecule has 0 amide bonds. The van der Waals surface area contributed by atoms with Crippen LogP contribution in [-0.4, -0.2) is 24.3 Å². The lowest BCUT2D eigenvalue weighted by Gasteiger charge is -2.05. The fraction of sp³-hybridized carbons (Fsp3) is 0.500. The van der Waals surface area contributed by atoms with E-state index in [1.165, 1.54) is 16.5 Å². The number of ether oxygens (including phenoxy) is 1. The molecule has 0 atom stereocenters. The molecule has 0 aliphatic carbocycles. The molecule has 3 nitrogen and oxygen atoms in total. The summed E-state index contributed by atoms with van der Waals surface area (Å²) >= 11 is 0. The Morgan fingerprint density at radius 2 is 2.05 bits per heavy atom. The van der Waals surface area contributed by atoms with E-state index < -0.39 is 0 Å². The van der Waals surface area contributed by atoms with E-state index in [1.807, 2.05) is 0 Å². The molecule has 0 aliphatic heterocycles. The number of aryl methyl sites for hydroxylation is 1. The Balaban J connectivity index is 2.13. The number of rotatable bonds is 8. The zero-order chi connectivity index (χ0) is 13.5. The SMILES string of the molecule is CCCOCCn1cc(CCCN)c2ccccc21. The average molecular weight is 260 g/mol. The summed E-state index contributed by atoms with van der Waals surface area (Å²) in [5.74, 6) is 0. The van der Waals surface area contributed by atoms with Gasteiger partial charge in [-0.25, -0.2) is 0 Å². The second-order valence-corrected chi connectivity index (χ2v) is 4.87. The second kappa shape index (κ2) is 7.31. The number of hydrogen-bond acceptors (Lipinski definition) is 2. The van der Waals surface area contributed by atoms with Gasteiger partial charge in [-0.15, -0.1) is 0 Å². The Kier molecular flexibility index (Phi) is 5.43. The molecule has 0 radical (unpaired) electrons. The molecule has 0 fully saturated rings. The van der Waals surface area contributed by atoms with Crippen molar-refractivity contribution in [2.24, 2.45) is 5.73 Å². The molecule has 0 aliphatic rings. The van der Waals surface area contributed by atoms with Crippen LogP contribution in [-0.2, 0) is 17.7 Å². The highest BCUT2D eigenvalue weighted by molar-refractivity contribution is 5.83. The van der Waals surface area contributed by atoms with Gasteiger partial charge in [-0.1, -0.05) is 25.1 Å². The van der Waals surface area contributed by atoms with Crippen LogP contribution < -0.4 is 5.73 Å². The first kappa shape index (κ1) is 14.1. The third-order valence-corrected chi connectivity index (χ3v) is 3.35. The van der Waals surface area contributed by atoms with Crippen molar-refractivity contribution in [2.75, 3.05) is 19.8 Å². The van der Waals surface area contributed by atoms with Gasteiger partial charge in [0.05, 0.1) is 6.61 Å². The number of hydrogen-bond donors (Lipinski definition) is 1. The molecule has 0 saturated carbocycles. The predicted molar refractivity (Wildman–Crippen MR) is 80.4 cm³/mol. The molecule has 3 heteroatoms. The Bertz CT molecular complexity index is 504. The Hall–Kier alpha value is -1.32. The van der Waals surface area contributed by atoms with Gasteiger partial charge in [-0.05, 0) is 37.4 Å². The van der Waals surface area contributed by atoms with E-state index in [4.69, 9.17) is 10.5 Å². The number of benzene rings is 1. The first-order chi connectivity index (χ1) is 9.36. The average Bonchev–Trinajstić information content (AvgIpc) is 2.80. The number of fused-ring (bicyclic) bond motifs is 1. The number of nitrogens with zero attached hydrogens (tertiary/aromatic N) is 1. The Labute approximate surface area is 115 Å². The van der Waals surface area contributed by atoms with Gasteiger partial charge in [0.1, 0.15) is 0 Å². The van der Waals surface area contributed by atoms with E-state index in [0.717, 1.165) is 45.6 Å². The molecule has 19 heavy (non-hydrogen) atoms. The maximum atomic E-state index is 5.61. The minimum Gasteiger partial charge on any atom is -0.380 e. The lowest BCUT2D eigenvalue weighted by atomic mass is 10.1. The molecule has 104 valence electrons. The maximum Gasteiger partial charge on any atom is 0.0645 e. The summed E-state index contributed by atoms with van der Waals surface area (Å²) in [6.07, 6.45) is 5.43. The lowest BCUT2D eigenvalue weighted by molar-refractivity contribution is 0.127. The third kappa shape index (κ3) is 3.58. The van der Waals surface area contributed by atoms with Gasteiger partial charge >= 0.3 is 0 Å². The van der Waals surface area contributed by atoms with Crippen LogP contribution in [0.4, 0.5) is 0 Å². The van der Waals surface area contributed by atoms with Crippen LogP contribution >= 0.6 is 0 Å². The first-order valence-corrected chi connectivity index (χ1v) is 7.21. The van der Waals surface area contributed by atoms with Crippen molar-refractivity contribution >= 4 is 10.9 Å². The van der Waals surface area contributed by atoms with Crippen molar-refractivity contribution in [3.63, 3.8) is 0 Å². The summed E-state index contributed by atoms with van der Waals surface area (Å²) in [6, 6.07) is 8.58. The van der Waals surface area contributed by atoms with E-state index in [1.54, 1.807) is 0 Å². The smallest absolute Gasteiger partial charge is 0.0645 e. The molecule has 0 bridgehead atoms. The molecule has 2 rings (SSSR count). The van der Waals surface area contributed by atoms with Crippen molar-refractivity contribution in [3.05, 3.63) is 36.0 Å². The molecule has 0 spiro atoms. The van der Waals surface area contributed by atoms with Crippen LogP contribution in [0.1, 0.15) is 25.3 Å². The standard InChI is InChI=1S/C16H24N2O/c1-2-11-19-12-10-18-13-14(6-5-9-17)15-7-3-4-8-16(15)18/h3-4,7-8,13H,2,5-6,9-12,17H2,1H3. The number of aromatic nitrogens is 1. The minimum atomic E-state index is 0.749. The largest absolute Gasteiger partial charge is 0.380 e. The molecular formula is C16H24N2O. The molecular weight excluding hydrogens is 236 g/mol. The van der Waals surface area contributed by atoms with Gasteiger partial charge in [0, 0.05) is 30.3 Å². The maximum absolute atomic E-state index is 5.61. The summed E-state index contributed by atoms with van der Waals surface area (Å²) in [5.41, 5.74) is 8.31. The van der Waals surface area contributed by atoms with Crippen molar-refractivity contribution in [3.8, 4) is 0 Å². The fourth-order valence-electron chi connectivity index (χ4n) is 2.41. The van der Waals surface area contributed by atoms with E-state index in [0.29, 0.717) is 0 Å². The Morgan fingerprint density at radius 1 is 1.21 bits per heavy atom. The zero-order valence-electron chi connectivity index (χ0n) is 11.8. The minimum absolute atomic E-state index is 0.749. The van der Waals surface area contributed by atoms with Gasteiger partial charge < -0.3 is 15.0 Å². The van der Waals surface area contributed by atoms with Crippen molar-refractivity contribution in [2.45, 2.75) is 32.7 Å². The highest BCUT2D eigenvalue weighted by atomic mass is 16.5.